The number of halogens is 1. The Labute approximate surface area is 131 Å². The molecule has 0 bridgehead atoms. The van der Waals surface area contributed by atoms with Gasteiger partial charge in [-0.2, -0.15) is 0 Å². The van der Waals surface area contributed by atoms with Gasteiger partial charge in [0.15, 0.2) is 11.5 Å². The fourth-order valence-corrected chi connectivity index (χ4v) is 2.28. The molecule has 0 spiro atoms. The van der Waals surface area contributed by atoms with Crippen molar-refractivity contribution in [1.29, 1.82) is 0 Å². The number of hydrogen-bond donors (Lipinski definition) is 1. The Balaban J connectivity index is 2.42. The second-order valence-electron chi connectivity index (χ2n) is 4.26. The monoisotopic (exact) mass is 351 g/mol. The van der Waals surface area contributed by atoms with Crippen molar-refractivity contribution in [1.82, 2.24) is 0 Å². The lowest BCUT2D eigenvalue weighted by Gasteiger charge is -2.14. The molecule has 2 N–H and O–H groups in total. The fraction of sp³-hybridized carbons (Fsp3) is 0.133. The van der Waals surface area contributed by atoms with Gasteiger partial charge >= 0.3 is 0 Å². The second kappa shape index (κ2) is 6.24. The van der Waals surface area contributed by atoms with Crippen LogP contribution >= 0.6 is 28.1 Å². The quantitative estimate of drug-likeness (QED) is 0.838. The van der Waals surface area contributed by atoms with Crippen molar-refractivity contribution in [3.63, 3.8) is 0 Å². The van der Waals surface area contributed by atoms with Crippen LogP contribution in [-0.4, -0.2) is 12.1 Å². The number of nitrogens with two attached hydrogens (primary N) is 1. The van der Waals surface area contributed by atoms with Crippen LogP contribution in [0.15, 0.2) is 40.9 Å². The molecule has 0 saturated heterocycles. The third kappa shape index (κ3) is 3.29. The van der Waals surface area contributed by atoms with Crippen molar-refractivity contribution >= 4 is 33.1 Å². The van der Waals surface area contributed by atoms with E-state index in [9.17, 15) is 0 Å². The van der Waals surface area contributed by atoms with Crippen molar-refractivity contribution in [2.45, 2.75) is 6.92 Å². The second-order valence-corrected chi connectivity index (χ2v) is 5.62. The smallest absolute Gasteiger partial charge is 0.169 e. The first-order valence-electron chi connectivity index (χ1n) is 5.93. The Hall–Kier alpha value is -1.59. The Morgan fingerprint density at radius 3 is 2.45 bits per heavy atom. The molecule has 0 radical (unpaired) electrons. The number of rotatable bonds is 4. The average Bonchev–Trinajstić information content (AvgIpc) is 2.42. The molecular weight excluding hydrogens is 338 g/mol. The molecule has 0 fully saturated rings. The van der Waals surface area contributed by atoms with Crippen LogP contribution in [0.5, 0.6) is 17.2 Å². The molecular formula is C15H14BrNO2S. The molecule has 0 aliphatic carbocycles. The lowest BCUT2D eigenvalue weighted by molar-refractivity contribution is 0.378. The molecule has 0 unspecified atom stereocenters. The highest BCUT2D eigenvalue weighted by atomic mass is 79.9. The van der Waals surface area contributed by atoms with Gasteiger partial charge in [0.25, 0.3) is 0 Å². The molecule has 104 valence electrons. The van der Waals surface area contributed by atoms with E-state index in [0.29, 0.717) is 22.8 Å². The summed E-state index contributed by atoms with van der Waals surface area (Å²) in [6, 6.07) is 11.2. The molecule has 2 aromatic rings. The van der Waals surface area contributed by atoms with E-state index in [-0.39, 0.29) is 4.99 Å². The van der Waals surface area contributed by atoms with Gasteiger partial charge in [-0.25, -0.2) is 0 Å². The van der Waals surface area contributed by atoms with Gasteiger partial charge < -0.3 is 15.2 Å². The van der Waals surface area contributed by atoms with Gasteiger partial charge in [0, 0.05) is 4.47 Å². The lowest BCUT2D eigenvalue weighted by atomic mass is 10.2. The predicted octanol–water partition coefficient (Wildman–Crippen LogP) is 4.19. The maximum Gasteiger partial charge on any atom is 0.169 e. The molecule has 0 aliphatic heterocycles. The highest BCUT2D eigenvalue weighted by Crippen LogP contribution is 2.34. The highest BCUT2D eigenvalue weighted by molar-refractivity contribution is 9.10. The lowest BCUT2D eigenvalue weighted by Crippen LogP contribution is -2.10. The first-order chi connectivity index (χ1) is 9.51. The Bertz CT molecular complexity index is 658. The summed E-state index contributed by atoms with van der Waals surface area (Å²) in [6.07, 6.45) is 0. The van der Waals surface area contributed by atoms with Crippen molar-refractivity contribution in [2.75, 3.05) is 7.11 Å². The molecule has 0 aliphatic rings. The van der Waals surface area contributed by atoms with Crippen LogP contribution < -0.4 is 15.2 Å². The van der Waals surface area contributed by atoms with Crippen molar-refractivity contribution in [3.05, 3.63) is 52.0 Å². The zero-order valence-corrected chi connectivity index (χ0v) is 13.5. The zero-order chi connectivity index (χ0) is 14.7. The molecule has 5 heteroatoms. The van der Waals surface area contributed by atoms with Crippen LogP contribution in [-0.2, 0) is 0 Å². The van der Waals surface area contributed by atoms with Crippen LogP contribution in [0.3, 0.4) is 0 Å². The molecule has 0 saturated carbocycles. The van der Waals surface area contributed by atoms with E-state index in [1.165, 1.54) is 0 Å². The van der Waals surface area contributed by atoms with E-state index in [2.05, 4.69) is 15.9 Å². The highest BCUT2D eigenvalue weighted by Gasteiger charge is 2.11. The SMILES string of the molecule is COc1cc(C)ccc1Oc1ccc(Br)cc1C(N)=S. The zero-order valence-electron chi connectivity index (χ0n) is 11.1. The molecule has 0 atom stereocenters. The Morgan fingerprint density at radius 1 is 1.10 bits per heavy atom. The Kier molecular flexibility index (Phi) is 4.62. The summed E-state index contributed by atoms with van der Waals surface area (Å²) in [6.45, 7) is 1.99. The first kappa shape index (κ1) is 14.8. The molecule has 20 heavy (non-hydrogen) atoms. The van der Waals surface area contributed by atoms with Crippen LogP contribution in [0.25, 0.3) is 0 Å². The minimum absolute atomic E-state index is 0.285. The van der Waals surface area contributed by atoms with E-state index >= 15 is 0 Å². The van der Waals surface area contributed by atoms with Gasteiger partial charge in [0.1, 0.15) is 10.7 Å². The number of aryl methyl sites for hydroxylation is 1. The van der Waals surface area contributed by atoms with Gasteiger partial charge in [-0.1, -0.05) is 34.2 Å². The van der Waals surface area contributed by atoms with Gasteiger partial charge in [0.05, 0.1) is 12.7 Å². The minimum Gasteiger partial charge on any atom is -0.493 e. The maximum absolute atomic E-state index is 5.89. The van der Waals surface area contributed by atoms with Gasteiger partial charge in [-0.15, -0.1) is 0 Å². The topological polar surface area (TPSA) is 44.5 Å². The first-order valence-corrected chi connectivity index (χ1v) is 7.13. The van der Waals surface area contributed by atoms with Crippen LogP contribution in [0.4, 0.5) is 0 Å². The van der Waals surface area contributed by atoms with Crippen LogP contribution in [0.1, 0.15) is 11.1 Å². The predicted molar refractivity (Wildman–Crippen MR) is 87.8 cm³/mol. The average molecular weight is 352 g/mol. The van der Waals surface area contributed by atoms with E-state index in [0.717, 1.165) is 10.0 Å². The van der Waals surface area contributed by atoms with E-state index in [1.54, 1.807) is 7.11 Å². The van der Waals surface area contributed by atoms with Gasteiger partial charge in [-0.3, -0.25) is 0 Å². The summed E-state index contributed by atoms with van der Waals surface area (Å²) in [5, 5.41) is 0. The molecule has 0 aromatic heterocycles. The number of benzene rings is 2. The van der Waals surface area contributed by atoms with Crippen molar-refractivity contribution < 1.29 is 9.47 Å². The summed E-state index contributed by atoms with van der Waals surface area (Å²) in [5.41, 5.74) is 7.51. The number of ether oxygens (including phenoxy) is 2. The summed E-state index contributed by atoms with van der Waals surface area (Å²) in [5.74, 6) is 1.89. The standard InChI is InChI=1S/C15H14BrNO2S/c1-9-3-5-13(14(7-9)18-2)19-12-6-4-10(16)8-11(12)15(17)20/h3-8H,1-2H3,(H2,17,20). The van der Waals surface area contributed by atoms with E-state index in [1.807, 2.05) is 43.3 Å². The number of hydrogen-bond acceptors (Lipinski definition) is 3. The summed E-state index contributed by atoms with van der Waals surface area (Å²) in [4.78, 5) is 0.285. The number of methoxy groups -OCH3 is 1. The fourth-order valence-electron chi connectivity index (χ4n) is 1.76. The van der Waals surface area contributed by atoms with E-state index < -0.39 is 0 Å². The molecule has 3 nitrogen and oxygen atoms in total. The molecule has 2 aromatic carbocycles. The molecule has 0 heterocycles. The summed E-state index contributed by atoms with van der Waals surface area (Å²) in [7, 11) is 1.61. The molecule has 0 amide bonds. The van der Waals surface area contributed by atoms with Crippen LogP contribution in [0.2, 0.25) is 0 Å². The minimum atomic E-state index is 0.285. The Morgan fingerprint density at radius 2 is 1.80 bits per heavy atom. The van der Waals surface area contributed by atoms with Crippen molar-refractivity contribution in [3.8, 4) is 17.2 Å². The third-order valence-corrected chi connectivity index (χ3v) is 3.46. The molecule has 2 rings (SSSR count). The summed E-state index contributed by atoms with van der Waals surface area (Å²) >= 11 is 8.45. The van der Waals surface area contributed by atoms with Crippen molar-refractivity contribution in [2.24, 2.45) is 5.73 Å². The van der Waals surface area contributed by atoms with Crippen LogP contribution in [0, 0.1) is 6.92 Å². The number of thiocarbonyl (C=S) groups is 1. The maximum atomic E-state index is 5.89. The van der Waals surface area contributed by atoms with E-state index in [4.69, 9.17) is 27.4 Å². The van der Waals surface area contributed by atoms with Gasteiger partial charge in [-0.05, 0) is 42.8 Å². The van der Waals surface area contributed by atoms with Gasteiger partial charge in [0.2, 0.25) is 0 Å². The normalized spacial score (nSPS) is 10.2. The summed E-state index contributed by atoms with van der Waals surface area (Å²) < 4.78 is 12.1. The largest absolute Gasteiger partial charge is 0.493 e. The third-order valence-electron chi connectivity index (χ3n) is 2.75.